The first-order valence-electron chi connectivity index (χ1n) is 11.0. The van der Waals surface area contributed by atoms with E-state index in [1.54, 1.807) is 0 Å². The smallest absolute Gasteiger partial charge is 0.231 e. The molecule has 4 heterocycles. The number of pyridine rings is 3. The minimum Gasteiger partial charge on any atom is -0.311 e. The zero-order chi connectivity index (χ0) is 22.4. The van der Waals surface area contributed by atoms with Gasteiger partial charge < -0.3 is 4.85 Å². The Balaban J connectivity index is 1.96. The van der Waals surface area contributed by atoms with Crippen molar-refractivity contribution in [2.75, 3.05) is 0 Å². The van der Waals surface area contributed by atoms with Gasteiger partial charge in [-0.2, -0.15) is 0 Å². The fourth-order valence-corrected chi connectivity index (χ4v) is 5.42. The molecule has 0 N–H and O–H groups in total. The van der Waals surface area contributed by atoms with Gasteiger partial charge in [-0.1, -0.05) is 6.07 Å². The van der Waals surface area contributed by atoms with E-state index in [2.05, 4.69) is 71.2 Å². The number of hydrogen-bond donors (Lipinski definition) is 0. The summed E-state index contributed by atoms with van der Waals surface area (Å²) in [6.45, 7) is 16.1. The number of aromatic nitrogens is 3. The van der Waals surface area contributed by atoms with E-state index >= 15 is 0 Å². The predicted molar refractivity (Wildman–Crippen MR) is 131 cm³/mol. The number of rotatable bonds is 2. The second-order valence-electron chi connectivity index (χ2n) is 9.76. The van der Waals surface area contributed by atoms with Crippen LogP contribution in [0.2, 0.25) is 0 Å². The van der Waals surface area contributed by atoms with Gasteiger partial charge in [-0.25, -0.2) is 16.1 Å². The molecule has 0 unspecified atom stereocenters. The van der Waals surface area contributed by atoms with Gasteiger partial charge in [0.05, 0.1) is 28.2 Å². The number of aryl methyl sites for hydroxylation is 3. The van der Waals surface area contributed by atoms with E-state index in [1.165, 1.54) is 60.2 Å². The van der Waals surface area contributed by atoms with Crippen LogP contribution in [0, 0.1) is 20.4 Å². The first-order chi connectivity index (χ1) is 15.3. The maximum atomic E-state index is 7.61. The molecule has 0 saturated heterocycles. The number of nitrogens with zero attached hydrogens (tertiary/aromatic N) is 4. The summed E-state index contributed by atoms with van der Waals surface area (Å²) in [6.07, 6.45) is 4.76. The van der Waals surface area contributed by atoms with Crippen molar-refractivity contribution in [3.05, 3.63) is 76.9 Å². The van der Waals surface area contributed by atoms with Crippen LogP contribution in [0.25, 0.3) is 54.0 Å². The fraction of sp³-hybridized carbons (Fsp3) is 0.250. The Kier molecular flexibility index (Phi) is 3.67. The number of benzene rings is 2. The Hall–Kier alpha value is -3.71. The quantitative estimate of drug-likeness (QED) is 0.145. The molecule has 32 heavy (non-hydrogen) atoms. The Morgan fingerprint density at radius 1 is 1.09 bits per heavy atom. The molecular weight excluding hydrogens is 392 g/mol. The van der Waals surface area contributed by atoms with Gasteiger partial charge in [-0.3, -0.25) is 4.40 Å². The molecule has 0 aliphatic carbocycles. The average molecular weight is 418 g/mol. The van der Waals surface area contributed by atoms with E-state index in [0.29, 0.717) is 6.42 Å². The van der Waals surface area contributed by atoms with Gasteiger partial charge in [0.25, 0.3) is 0 Å². The summed E-state index contributed by atoms with van der Waals surface area (Å²) in [5.41, 5.74) is 8.02. The van der Waals surface area contributed by atoms with Crippen molar-refractivity contribution in [3.63, 3.8) is 0 Å². The molecule has 2 aromatic carbocycles. The Morgan fingerprint density at radius 3 is 2.69 bits per heavy atom. The summed E-state index contributed by atoms with van der Waals surface area (Å²) >= 11 is 0. The minimum atomic E-state index is -0.435. The normalized spacial score (nSPS) is 12.6. The molecule has 0 bridgehead atoms. The molecule has 0 spiro atoms. The summed E-state index contributed by atoms with van der Waals surface area (Å²) in [5.74, 6) is 0. The maximum absolute atomic E-state index is 7.61. The number of fused-ring (bicyclic) bond motifs is 5. The highest BCUT2D eigenvalue weighted by Gasteiger charge is 2.28. The van der Waals surface area contributed by atoms with Gasteiger partial charge in [-0.05, 0) is 60.2 Å². The second kappa shape index (κ2) is 6.17. The molecule has 0 fully saturated rings. The molecule has 0 aliphatic rings. The van der Waals surface area contributed by atoms with E-state index in [4.69, 9.17) is 11.6 Å². The molecular formula is C28H25N4+. The van der Waals surface area contributed by atoms with Gasteiger partial charge in [0.1, 0.15) is 12.7 Å². The summed E-state index contributed by atoms with van der Waals surface area (Å²) in [7, 11) is 2.14. The highest BCUT2D eigenvalue weighted by Crippen LogP contribution is 2.41. The van der Waals surface area contributed by atoms with Crippen LogP contribution in [0.5, 0.6) is 0 Å². The van der Waals surface area contributed by atoms with Crippen molar-refractivity contribution in [2.45, 2.75) is 39.7 Å². The molecule has 0 atom stereocenters. The molecule has 0 saturated carbocycles. The molecule has 156 valence electrons. The maximum Gasteiger partial charge on any atom is 0.231 e. The third-order valence-electron chi connectivity index (χ3n) is 7.02. The largest absolute Gasteiger partial charge is 0.311 e. The van der Waals surface area contributed by atoms with Crippen LogP contribution in [-0.4, -0.2) is 14.9 Å². The van der Waals surface area contributed by atoms with E-state index in [9.17, 15) is 0 Å². The van der Waals surface area contributed by atoms with Gasteiger partial charge >= 0.3 is 0 Å². The topological polar surface area (TPSA) is 25.5 Å². The lowest BCUT2D eigenvalue weighted by molar-refractivity contribution is -0.643. The highest BCUT2D eigenvalue weighted by atomic mass is 15.0. The lowest BCUT2D eigenvalue weighted by Crippen LogP contribution is -2.29. The first-order valence-corrected chi connectivity index (χ1v) is 11.0. The van der Waals surface area contributed by atoms with Crippen molar-refractivity contribution in [1.82, 2.24) is 9.38 Å². The SMILES string of the molecule is [C-]#[N+]C(C)(C)Cc1cc2cc[n+](C)c3c4c(C)c(C)cc5c6cccnc6n(c(c1)c23)c54. The molecule has 4 heteroatoms. The van der Waals surface area contributed by atoms with E-state index in [1.807, 2.05) is 26.1 Å². The van der Waals surface area contributed by atoms with Crippen LogP contribution in [0.1, 0.15) is 30.5 Å². The van der Waals surface area contributed by atoms with Gasteiger partial charge in [0.15, 0.2) is 6.20 Å². The second-order valence-corrected chi connectivity index (χ2v) is 9.76. The molecule has 0 amide bonds. The molecule has 0 aliphatic heterocycles. The lowest BCUT2D eigenvalue weighted by Gasteiger charge is -2.16. The van der Waals surface area contributed by atoms with Crippen LogP contribution < -0.4 is 4.57 Å². The first kappa shape index (κ1) is 19.0. The van der Waals surface area contributed by atoms with Crippen LogP contribution >= 0.6 is 0 Å². The zero-order valence-electron chi connectivity index (χ0n) is 19.1. The van der Waals surface area contributed by atoms with E-state index in [0.717, 1.165) is 5.65 Å². The standard InChI is InChI=1S/C28H25N4/c1-16-12-21-20-8-7-10-30-27(20)32-22-14-18(15-28(3,4)29-5)13-19-9-11-31(6)26(24(19)22)23(17(16)2)25(21)32/h7-14H,15H2,1-4,6H3/q+1. The fourth-order valence-electron chi connectivity index (χ4n) is 5.42. The van der Waals surface area contributed by atoms with Crippen molar-refractivity contribution < 1.29 is 4.57 Å². The molecule has 4 aromatic heterocycles. The van der Waals surface area contributed by atoms with Crippen molar-refractivity contribution in [1.29, 1.82) is 0 Å². The van der Waals surface area contributed by atoms with Gasteiger partial charge in [-0.15, -0.1) is 0 Å². The average Bonchev–Trinajstić information content (AvgIpc) is 3.09. The zero-order valence-corrected chi connectivity index (χ0v) is 19.1. The van der Waals surface area contributed by atoms with E-state index in [-0.39, 0.29) is 0 Å². The Labute approximate surface area is 186 Å². The third kappa shape index (κ3) is 2.37. The molecule has 0 radical (unpaired) electrons. The van der Waals surface area contributed by atoms with Crippen LogP contribution in [0.3, 0.4) is 0 Å². The van der Waals surface area contributed by atoms with Crippen molar-refractivity contribution >= 4 is 49.1 Å². The summed E-state index contributed by atoms with van der Waals surface area (Å²) < 4.78 is 4.61. The predicted octanol–water partition coefficient (Wildman–Crippen LogP) is 6.07. The van der Waals surface area contributed by atoms with Gasteiger partial charge in [0, 0.05) is 36.9 Å². The highest BCUT2D eigenvalue weighted by molar-refractivity contribution is 6.25. The monoisotopic (exact) mass is 417 g/mol. The molecule has 6 rings (SSSR count). The Morgan fingerprint density at radius 2 is 1.91 bits per heavy atom. The summed E-state index contributed by atoms with van der Waals surface area (Å²) in [6, 6.07) is 13.3. The van der Waals surface area contributed by atoms with Crippen LogP contribution in [0.4, 0.5) is 0 Å². The van der Waals surface area contributed by atoms with Gasteiger partial charge in [0.2, 0.25) is 11.1 Å². The van der Waals surface area contributed by atoms with Crippen molar-refractivity contribution in [3.8, 4) is 0 Å². The Bertz CT molecular complexity index is 1760. The third-order valence-corrected chi connectivity index (χ3v) is 7.02. The number of hydrogen-bond acceptors (Lipinski definition) is 1. The summed E-state index contributed by atoms with van der Waals surface area (Å²) in [5, 5.41) is 6.20. The minimum absolute atomic E-state index is 0.435. The molecule has 4 nitrogen and oxygen atoms in total. The van der Waals surface area contributed by atoms with Crippen LogP contribution in [0.15, 0.2) is 48.8 Å². The van der Waals surface area contributed by atoms with Crippen molar-refractivity contribution in [2.24, 2.45) is 7.05 Å². The van der Waals surface area contributed by atoms with E-state index < -0.39 is 5.54 Å². The lowest BCUT2D eigenvalue weighted by atomic mass is 9.92. The summed E-state index contributed by atoms with van der Waals surface area (Å²) in [4.78, 5) is 8.69. The molecule has 6 aromatic rings. The van der Waals surface area contributed by atoms with Crippen LogP contribution in [-0.2, 0) is 13.5 Å².